The standard InChI is InChI=1S/C17H18N4O2S2/c1-3-13-6-7-14(20-16-9-12(2)18-11-19-16)10-15(13)21-25(22,23)17-5-4-8-24-17/h4-11,21H,3H2,1-2H3,(H,18,19,20). The van der Waals surface area contributed by atoms with Crippen LogP contribution < -0.4 is 10.0 Å². The molecule has 2 aromatic heterocycles. The van der Waals surface area contributed by atoms with E-state index in [-0.39, 0.29) is 0 Å². The highest BCUT2D eigenvalue weighted by molar-refractivity contribution is 7.94. The van der Waals surface area contributed by atoms with Crippen LogP contribution in [0.4, 0.5) is 17.2 Å². The van der Waals surface area contributed by atoms with Gasteiger partial charge in [0.1, 0.15) is 16.4 Å². The Hall–Kier alpha value is -2.45. The van der Waals surface area contributed by atoms with Crippen molar-refractivity contribution in [3.63, 3.8) is 0 Å². The molecule has 0 fully saturated rings. The van der Waals surface area contributed by atoms with Gasteiger partial charge in [-0.25, -0.2) is 18.4 Å². The van der Waals surface area contributed by atoms with Crippen LogP contribution in [0.5, 0.6) is 0 Å². The summed E-state index contributed by atoms with van der Waals surface area (Å²) in [5.41, 5.74) is 3.08. The second-order valence-corrected chi connectivity index (χ2v) is 8.29. The maximum atomic E-state index is 12.5. The normalized spacial score (nSPS) is 11.3. The molecule has 1 aromatic carbocycles. The molecule has 0 aliphatic heterocycles. The summed E-state index contributed by atoms with van der Waals surface area (Å²) in [6.45, 7) is 3.87. The summed E-state index contributed by atoms with van der Waals surface area (Å²) in [5.74, 6) is 0.656. The van der Waals surface area contributed by atoms with Crippen LogP contribution in [0.1, 0.15) is 18.2 Å². The minimum Gasteiger partial charge on any atom is -0.340 e. The Kier molecular flexibility index (Phi) is 5.00. The molecule has 0 atom stereocenters. The van der Waals surface area contributed by atoms with Gasteiger partial charge >= 0.3 is 0 Å². The third-order valence-corrected chi connectivity index (χ3v) is 6.33. The van der Waals surface area contributed by atoms with Crippen LogP contribution in [0.25, 0.3) is 0 Å². The zero-order chi connectivity index (χ0) is 17.9. The lowest BCUT2D eigenvalue weighted by Gasteiger charge is -2.13. The second-order valence-electron chi connectivity index (χ2n) is 5.43. The number of rotatable bonds is 6. The lowest BCUT2D eigenvalue weighted by molar-refractivity contribution is 0.603. The first kappa shape index (κ1) is 17.4. The van der Waals surface area contributed by atoms with E-state index in [9.17, 15) is 8.42 Å². The number of thiophene rings is 1. The average molecular weight is 374 g/mol. The number of nitrogens with zero attached hydrogens (tertiary/aromatic N) is 2. The predicted molar refractivity (Wildman–Crippen MR) is 101 cm³/mol. The number of anilines is 3. The van der Waals surface area contributed by atoms with E-state index < -0.39 is 10.0 Å². The van der Waals surface area contributed by atoms with Crippen LogP contribution in [0, 0.1) is 6.92 Å². The van der Waals surface area contributed by atoms with Gasteiger partial charge in [0.15, 0.2) is 0 Å². The van der Waals surface area contributed by atoms with Crippen LogP contribution in [0.2, 0.25) is 0 Å². The Balaban J connectivity index is 1.90. The smallest absolute Gasteiger partial charge is 0.271 e. The summed E-state index contributed by atoms with van der Waals surface area (Å²) < 4.78 is 28.0. The third-order valence-electron chi connectivity index (χ3n) is 3.57. The van der Waals surface area contributed by atoms with Crippen molar-refractivity contribution in [3.8, 4) is 0 Å². The molecule has 8 heteroatoms. The molecule has 130 valence electrons. The van der Waals surface area contributed by atoms with Gasteiger partial charge in [-0.2, -0.15) is 0 Å². The van der Waals surface area contributed by atoms with Crippen molar-refractivity contribution in [3.05, 3.63) is 59.4 Å². The van der Waals surface area contributed by atoms with Crippen LogP contribution in [-0.2, 0) is 16.4 Å². The third kappa shape index (κ3) is 4.15. The Labute approximate surface area is 151 Å². The molecule has 6 nitrogen and oxygen atoms in total. The van der Waals surface area contributed by atoms with Gasteiger partial charge in [-0.3, -0.25) is 4.72 Å². The van der Waals surface area contributed by atoms with Crippen molar-refractivity contribution in [2.45, 2.75) is 24.5 Å². The van der Waals surface area contributed by atoms with Crippen molar-refractivity contribution >= 4 is 38.6 Å². The van der Waals surface area contributed by atoms with E-state index in [1.807, 2.05) is 32.0 Å². The lowest BCUT2D eigenvalue weighted by Crippen LogP contribution is -2.13. The molecule has 0 bridgehead atoms. The maximum Gasteiger partial charge on any atom is 0.271 e. The molecule has 0 spiro atoms. The Morgan fingerprint density at radius 2 is 2.00 bits per heavy atom. The lowest BCUT2D eigenvalue weighted by atomic mass is 10.1. The van der Waals surface area contributed by atoms with E-state index >= 15 is 0 Å². The number of hydrogen-bond acceptors (Lipinski definition) is 6. The first-order valence-corrected chi connectivity index (χ1v) is 10.1. The predicted octanol–water partition coefficient (Wildman–Crippen LogP) is 3.95. The summed E-state index contributed by atoms with van der Waals surface area (Å²) in [7, 11) is -3.58. The van der Waals surface area contributed by atoms with Crippen LogP contribution in [-0.4, -0.2) is 18.4 Å². The molecule has 0 unspecified atom stereocenters. The molecule has 0 aliphatic rings. The highest BCUT2D eigenvalue weighted by atomic mass is 32.2. The van der Waals surface area contributed by atoms with Crippen molar-refractivity contribution in [2.24, 2.45) is 0 Å². The fourth-order valence-electron chi connectivity index (χ4n) is 2.34. The quantitative estimate of drug-likeness (QED) is 0.682. The number of hydrogen-bond donors (Lipinski definition) is 2. The molecular weight excluding hydrogens is 356 g/mol. The Bertz CT molecular complexity index is 970. The van der Waals surface area contributed by atoms with Crippen LogP contribution >= 0.6 is 11.3 Å². The van der Waals surface area contributed by atoms with Gasteiger partial charge in [0.2, 0.25) is 0 Å². The fraction of sp³-hybridized carbons (Fsp3) is 0.176. The SMILES string of the molecule is CCc1ccc(Nc2cc(C)ncn2)cc1NS(=O)(=O)c1cccs1. The average Bonchev–Trinajstić information content (AvgIpc) is 3.10. The molecule has 0 amide bonds. The van der Waals surface area contributed by atoms with Crippen molar-refractivity contribution in [1.29, 1.82) is 0 Å². The number of sulfonamides is 1. The number of aromatic nitrogens is 2. The van der Waals surface area contributed by atoms with Crippen molar-refractivity contribution < 1.29 is 8.42 Å². The maximum absolute atomic E-state index is 12.5. The van der Waals surface area contributed by atoms with E-state index in [1.54, 1.807) is 23.6 Å². The molecule has 0 saturated heterocycles. The summed E-state index contributed by atoms with van der Waals surface area (Å²) in [4.78, 5) is 8.22. The zero-order valence-electron chi connectivity index (χ0n) is 13.9. The molecule has 0 radical (unpaired) electrons. The first-order valence-electron chi connectivity index (χ1n) is 7.73. The van der Waals surface area contributed by atoms with Gasteiger partial charge < -0.3 is 5.32 Å². The Morgan fingerprint density at radius 3 is 2.68 bits per heavy atom. The minimum atomic E-state index is -3.58. The second kappa shape index (κ2) is 7.20. The number of benzene rings is 1. The van der Waals surface area contributed by atoms with Gasteiger partial charge in [0.05, 0.1) is 5.69 Å². The Morgan fingerprint density at radius 1 is 1.16 bits per heavy atom. The van der Waals surface area contributed by atoms with Gasteiger partial charge in [-0.1, -0.05) is 19.1 Å². The van der Waals surface area contributed by atoms with E-state index in [4.69, 9.17) is 0 Å². The molecule has 2 N–H and O–H groups in total. The summed E-state index contributed by atoms with van der Waals surface area (Å²) in [6.07, 6.45) is 2.20. The van der Waals surface area contributed by atoms with Gasteiger partial charge in [-0.15, -0.1) is 11.3 Å². The monoisotopic (exact) mass is 374 g/mol. The summed E-state index contributed by atoms with van der Waals surface area (Å²) >= 11 is 1.19. The molecule has 3 rings (SSSR count). The molecule has 0 aliphatic carbocycles. The molecule has 2 heterocycles. The number of nitrogens with one attached hydrogen (secondary N) is 2. The molecular formula is C17H18N4O2S2. The largest absolute Gasteiger partial charge is 0.340 e. The van der Waals surface area contributed by atoms with E-state index in [1.165, 1.54) is 17.7 Å². The minimum absolute atomic E-state index is 0.291. The topological polar surface area (TPSA) is 84.0 Å². The first-order chi connectivity index (χ1) is 12.0. The molecule has 25 heavy (non-hydrogen) atoms. The number of aryl methyl sites for hydroxylation is 2. The van der Waals surface area contributed by atoms with E-state index in [0.717, 1.165) is 23.4 Å². The molecule has 0 saturated carbocycles. The van der Waals surface area contributed by atoms with E-state index in [0.29, 0.717) is 15.7 Å². The highest BCUT2D eigenvalue weighted by Crippen LogP contribution is 2.27. The zero-order valence-corrected chi connectivity index (χ0v) is 15.5. The van der Waals surface area contributed by atoms with Gasteiger partial charge in [-0.05, 0) is 42.5 Å². The summed E-state index contributed by atoms with van der Waals surface area (Å²) in [5, 5.41) is 4.91. The van der Waals surface area contributed by atoms with E-state index in [2.05, 4.69) is 20.0 Å². The molecule has 3 aromatic rings. The summed E-state index contributed by atoms with van der Waals surface area (Å²) in [6, 6.07) is 10.7. The van der Waals surface area contributed by atoms with Gasteiger partial charge in [0, 0.05) is 17.4 Å². The van der Waals surface area contributed by atoms with Crippen LogP contribution in [0.3, 0.4) is 0 Å². The van der Waals surface area contributed by atoms with Crippen molar-refractivity contribution in [2.75, 3.05) is 10.0 Å². The van der Waals surface area contributed by atoms with Crippen LogP contribution in [0.15, 0.2) is 52.3 Å². The van der Waals surface area contributed by atoms with Crippen molar-refractivity contribution in [1.82, 2.24) is 9.97 Å². The fourth-order valence-corrected chi connectivity index (χ4v) is 4.42. The highest BCUT2D eigenvalue weighted by Gasteiger charge is 2.17. The van der Waals surface area contributed by atoms with Gasteiger partial charge in [0.25, 0.3) is 10.0 Å².